The zero-order chi connectivity index (χ0) is 9.19. The standard InChI is InChI=1S/C6H11O5P/c1-6(2)9-3-5(11-6)4-10-12(7)8/h5H,3-4H2,1-2H3/p+1. The highest BCUT2D eigenvalue weighted by atomic mass is 31.1. The van der Waals surface area contributed by atoms with E-state index in [2.05, 4.69) is 4.52 Å². The van der Waals surface area contributed by atoms with Gasteiger partial charge in [0.05, 0.1) is 6.61 Å². The van der Waals surface area contributed by atoms with Crippen molar-refractivity contribution in [2.75, 3.05) is 13.2 Å². The fourth-order valence-electron chi connectivity index (χ4n) is 0.992. The molecular formula is C6H12O5P+. The first-order chi connectivity index (χ1) is 5.49. The Kier molecular flexibility index (Phi) is 3.15. The van der Waals surface area contributed by atoms with E-state index < -0.39 is 14.0 Å². The summed E-state index contributed by atoms with van der Waals surface area (Å²) in [5.74, 6) is -0.602. The second kappa shape index (κ2) is 3.77. The van der Waals surface area contributed by atoms with Crippen molar-refractivity contribution in [2.24, 2.45) is 0 Å². The Balaban J connectivity index is 2.24. The van der Waals surface area contributed by atoms with E-state index in [1.165, 1.54) is 0 Å². The van der Waals surface area contributed by atoms with Gasteiger partial charge in [0.15, 0.2) is 5.79 Å². The van der Waals surface area contributed by atoms with Gasteiger partial charge in [0.1, 0.15) is 12.7 Å². The van der Waals surface area contributed by atoms with Crippen molar-refractivity contribution in [3.8, 4) is 0 Å². The first-order valence-electron chi connectivity index (χ1n) is 3.60. The Labute approximate surface area is 71.6 Å². The van der Waals surface area contributed by atoms with Crippen molar-refractivity contribution in [3.05, 3.63) is 0 Å². The molecule has 2 unspecified atom stereocenters. The maximum absolute atomic E-state index is 10.1. The third-order valence-corrected chi connectivity index (χ3v) is 1.81. The molecule has 1 saturated heterocycles. The minimum absolute atomic E-state index is 0.0924. The molecule has 70 valence electrons. The van der Waals surface area contributed by atoms with Crippen LogP contribution in [0.2, 0.25) is 0 Å². The Morgan fingerprint density at radius 2 is 2.42 bits per heavy atom. The average molecular weight is 195 g/mol. The van der Waals surface area contributed by atoms with Crippen molar-refractivity contribution in [2.45, 2.75) is 25.7 Å². The molecule has 2 atom stereocenters. The third-order valence-electron chi connectivity index (χ3n) is 1.44. The predicted molar refractivity (Wildman–Crippen MR) is 40.7 cm³/mol. The van der Waals surface area contributed by atoms with Crippen LogP contribution in [0, 0.1) is 0 Å². The van der Waals surface area contributed by atoms with Gasteiger partial charge in [0.25, 0.3) is 0 Å². The summed E-state index contributed by atoms with van der Waals surface area (Å²) in [4.78, 5) is 8.33. The molecule has 0 aliphatic carbocycles. The highest BCUT2D eigenvalue weighted by molar-refractivity contribution is 7.32. The monoisotopic (exact) mass is 195 g/mol. The molecule has 0 radical (unpaired) electrons. The second-order valence-electron chi connectivity index (χ2n) is 2.98. The van der Waals surface area contributed by atoms with Gasteiger partial charge in [-0.25, -0.2) is 0 Å². The first kappa shape index (κ1) is 10.0. The summed E-state index contributed by atoms with van der Waals surface area (Å²) in [7, 11) is -2.53. The molecule has 1 N–H and O–H groups in total. The summed E-state index contributed by atoms with van der Waals surface area (Å²) in [5, 5.41) is 0. The maximum atomic E-state index is 10.1. The van der Waals surface area contributed by atoms with Crippen LogP contribution in [0.3, 0.4) is 0 Å². The highest BCUT2D eigenvalue weighted by Gasteiger charge is 2.34. The van der Waals surface area contributed by atoms with Gasteiger partial charge < -0.3 is 9.47 Å². The van der Waals surface area contributed by atoms with Crippen LogP contribution < -0.4 is 0 Å². The average Bonchev–Trinajstić information content (AvgIpc) is 2.26. The molecule has 0 bridgehead atoms. The van der Waals surface area contributed by atoms with E-state index in [1.54, 1.807) is 13.8 Å². The molecular weight excluding hydrogens is 183 g/mol. The fraction of sp³-hybridized carbons (Fsp3) is 1.00. The quantitative estimate of drug-likeness (QED) is 0.675. The summed E-state index contributed by atoms with van der Waals surface area (Å²) in [6.07, 6.45) is -0.244. The van der Waals surface area contributed by atoms with Crippen molar-refractivity contribution < 1.29 is 23.5 Å². The molecule has 1 rings (SSSR count). The van der Waals surface area contributed by atoms with Crippen LogP contribution in [0.1, 0.15) is 13.8 Å². The minimum atomic E-state index is -2.53. The Morgan fingerprint density at radius 3 is 2.83 bits per heavy atom. The second-order valence-corrected chi connectivity index (χ2v) is 3.72. The molecule has 0 aromatic rings. The van der Waals surface area contributed by atoms with Crippen LogP contribution in [-0.4, -0.2) is 30.0 Å². The van der Waals surface area contributed by atoms with Gasteiger partial charge in [-0.3, -0.25) is 0 Å². The summed E-state index contributed by atoms with van der Waals surface area (Å²) in [6, 6.07) is 0. The Hall–Kier alpha value is -0.0600. The lowest BCUT2D eigenvalue weighted by atomic mass is 10.4. The zero-order valence-corrected chi connectivity index (χ0v) is 7.91. The number of hydrogen-bond acceptors (Lipinski definition) is 4. The lowest BCUT2D eigenvalue weighted by Crippen LogP contribution is -2.23. The summed E-state index contributed by atoms with van der Waals surface area (Å²) in [6.45, 7) is 4.06. The molecule has 1 aliphatic rings. The maximum Gasteiger partial charge on any atom is 0.694 e. The molecule has 0 aromatic carbocycles. The van der Waals surface area contributed by atoms with Crippen LogP contribution in [0.4, 0.5) is 0 Å². The lowest BCUT2D eigenvalue weighted by Gasteiger charge is -2.15. The van der Waals surface area contributed by atoms with Crippen molar-refractivity contribution in [1.29, 1.82) is 0 Å². The van der Waals surface area contributed by atoms with E-state index in [9.17, 15) is 4.57 Å². The number of hydrogen-bond donors (Lipinski definition) is 1. The van der Waals surface area contributed by atoms with E-state index in [1.807, 2.05) is 0 Å². The van der Waals surface area contributed by atoms with Crippen LogP contribution >= 0.6 is 8.25 Å². The topological polar surface area (TPSA) is 65.0 Å². The molecule has 0 saturated carbocycles. The van der Waals surface area contributed by atoms with E-state index in [0.29, 0.717) is 6.61 Å². The lowest BCUT2D eigenvalue weighted by molar-refractivity contribution is -0.141. The first-order valence-corrected chi connectivity index (χ1v) is 4.73. The van der Waals surface area contributed by atoms with Gasteiger partial charge in [0, 0.05) is 4.57 Å². The summed E-state index contributed by atoms with van der Waals surface area (Å²) >= 11 is 0. The van der Waals surface area contributed by atoms with Gasteiger partial charge in [0.2, 0.25) is 0 Å². The molecule has 0 aromatic heterocycles. The van der Waals surface area contributed by atoms with Crippen LogP contribution in [-0.2, 0) is 18.6 Å². The van der Waals surface area contributed by atoms with Crippen LogP contribution in [0.15, 0.2) is 0 Å². The van der Waals surface area contributed by atoms with E-state index >= 15 is 0 Å². The van der Waals surface area contributed by atoms with Crippen molar-refractivity contribution in [3.63, 3.8) is 0 Å². The molecule has 1 heterocycles. The van der Waals surface area contributed by atoms with Crippen LogP contribution in [0.25, 0.3) is 0 Å². The molecule has 1 aliphatic heterocycles. The number of ether oxygens (including phenoxy) is 2. The largest absolute Gasteiger partial charge is 0.694 e. The molecule has 0 spiro atoms. The molecule has 6 heteroatoms. The minimum Gasteiger partial charge on any atom is -0.348 e. The predicted octanol–water partition coefficient (Wildman–Crippen LogP) is 0.804. The number of rotatable bonds is 3. The smallest absolute Gasteiger partial charge is 0.348 e. The highest BCUT2D eigenvalue weighted by Crippen LogP contribution is 2.24. The van der Waals surface area contributed by atoms with Gasteiger partial charge >= 0.3 is 8.25 Å². The molecule has 1 fully saturated rings. The summed E-state index contributed by atoms with van der Waals surface area (Å²) in [5.41, 5.74) is 0. The van der Waals surface area contributed by atoms with Gasteiger partial charge in [-0.1, -0.05) is 0 Å². The van der Waals surface area contributed by atoms with Crippen LogP contribution in [0.5, 0.6) is 0 Å². The normalized spacial score (nSPS) is 28.9. The van der Waals surface area contributed by atoms with Gasteiger partial charge in [-0.15, -0.1) is 9.42 Å². The van der Waals surface area contributed by atoms with Crippen molar-refractivity contribution >= 4 is 8.25 Å². The molecule has 0 amide bonds. The Morgan fingerprint density at radius 1 is 1.75 bits per heavy atom. The molecule has 12 heavy (non-hydrogen) atoms. The SMILES string of the molecule is CC1(C)OCC(CO[P+](=O)O)O1. The van der Waals surface area contributed by atoms with E-state index in [0.717, 1.165) is 0 Å². The fourth-order valence-corrected chi connectivity index (χ4v) is 1.29. The Bertz CT molecular complexity index is 181. The van der Waals surface area contributed by atoms with Gasteiger partial charge in [-0.2, -0.15) is 0 Å². The summed E-state index contributed by atoms with van der Waals surface area (Å²) < 4.78 is 25.1. The van der Waals surface area contributed by atoms with E-state index in [-0.39, 0.29) is 12.7 Å². The third kappa shape index (κ3) is 3.13. The zero-order valence-electron chi connectivity index (χ0n) is 7.02. The van der Waals surface area contributed by atoms with Gasteiger partial charge in [-0.05, 0) is 13.8 Å². The van der Waals surface area contributed by atoms with E-state index in [4.69, 9.17) is 14.4 Å². The van der Waals surface area contributed by atoms with Crippen molar-refractivity contribution in [1.82, 2.24) is 0 Å². The molecule has 5 nitrogen and oxygen atoms in total.